The number of aliphatic hydroxyl groups is 1. The van der Waals surface area contributed by atoms with E-state index in [9.17, 15) is 27.5 Å². The van der Waals surface area contributed by atoms with E-state index in [1.54, 1.807) is 0 Å². The number of para-hydroxylation sites is 1. The van der Waals surface area contributed by atoms with Crippen LogP contribution in [0.25, 0.3) is 5.69 Å². The second-order valence-corrected chi connectivity index (χ2v) is 8.60. The number of nitrogens with zero attached hydrogens (tertiary/aromatic N) is 5. The van der Waals surface area contributed by atoms with E-state index in [-0.39, 0.29) is 29.7 Å². The molecule has 6 rings (SSSR count). The van der Waals surface area contributed by atoms with Gasteiger partial charge in [0.15, 0.2) is 5.82 Å². The molecule has 12 heteroatoms. The lowest BCUT2D eigenvalue weighted by Crippen LogP contribution is -2.65. The third-order valence-corrected chi connectivity index (χ3v) is 6.65. The molecule has 3 fully saturated rings. The summed E-state index contributed by atoms with van der Waals surface area (Å²) in [4.78, 5) is 20.1. The summed E-state index contributed by atoms with van der Waals surface area (Å²) in [5, 5.41) is 18.0. The SMILES string of the molecule is O=C(c1cccc(F)c1-n1nccn1)N1C(CO)C2CCC1C(Oc1ccc(C(F)(F)F)cn1)C2. The standard InChI is InChI=1S/C23H21F4N5O3/c24-16-3-1-2-15(21(16)32-29-8-9-30-32)22(34)31-17-6-4-13(18(31)12-33)10-19(17)35-20-7-5-14(11-28-20)23(25,26)27/h1-3,5,7-9,11,13,17-19,33H,4,6,10,12H2. The number of benzene rings is 1. The maximum absolute atomic E-state index is 14.8. The number of alkyl halides is 3. The van der Waals surface area contributed by atoms with Crippen LogP contribution in [0.3, 0.4) is 0 Å². The third kappa shape index (κ3) is 4.22. The average molecular weight is 491 g/mol. The molecule has 1 aliphatic carbocycles. The smallest absolute Gasteiger partial charge is 0.417 e. The van der Waals surface area contributed by atoms with Gasteiger partial charge in [0.1, 0.15) is 11.8 Å². The minimum absolute atomic E-state index is 0.00989. The number of carbonyl (C=O) groups is 1. The van der Waals surface area contributed by atoms with Gasteiger partial charge in [0.05, 0.1) is 42.2 Å². The lowest BCUT2D eigenvalue weighted by atomic mass is 9.72. The van der Waals surface area contributed by atoms with E-state index < -0.39 is 41.7 Å². The fourth-order valence-corrected chi connectivity index (χ4v) is 5.08. The monoisotopic (exact) mass is 491 g/mol. The molecule has 1 saturated carbocycles. The third-order valence-electron chi connectivity index (χ3n) is 6.65. The number of rotatable bonds is 5. The first-order valence-electron chi connectivity index (χ1n) is 11.1. The molecule has 3 aliphatic rings. The fraction of sp³-hybridized carbons (Fsp3) is 0.391. The first-order valence-corrected chi connectivity index (χ1v) is 11.1. The molecule has 4 heterocycles. The summed E-state index contributed by atoms with van der Waals surface area (Å²) in [6.45, 7) is -0.289. The van der Waals surface area contributed by atoms with Gasteiger partial charge in [0.25, 0.3) is 5.91 Å². The largest absolute Gasteiger partial charge is 0.472 e. The Hall–Kier alpha value is -3.54. The maximum Gasteiger partial charge on any atom is 0.417 e. The summed E-state index contributed by atoms with van der Waals surface area (Å²) in [6, 6.07) is 5.11. The fourth-order valence-electron chi connectivity index (χ4n) is 5.08. The van der Waals surface area contributed by atoms with Crippen molar-refractivity contribution >= 4 is 5.91 Å². The quantitative estimate of drug-likeness (QED) is 0.551. The van der Waals surface area contributed by atoms with Crippen molar-refractivity contribution in [2.45, 2.75) is 43.6 Å². The summed E-state index contributed by atoms with van der Waals surface area (Å²) in [5.41, 5.74) is -0.973. The molecule has 1 aromatic carbocycles. The number of carbonyl (C=O) groups excluding carboxylic acids is 1. The van der Waals surface area contributed by atoms with Gasteiger partial charge in [-0.15, -0.1) is 4.80 Å². The van der Waals surface area contributed by atoms with E-state index in [4.69, 9.17) is 4.74 Å². The highest BCUT2D eigenvalue weighted by atomic mass is 19.4. The molecule has 2 aliphatic heterocycles. The summed E-state index contributed by atoms with van der Waals surface area (Å²) < 4.78 is 59.3. The predicted molar refractivity (Wildman–Crippen MR) is 113 cm³/mol. The number of hydrogen-bond donors (Lipinski definition) is 1. The van der Waals surface area contributed by atoms with Crippen molar-refractivity contribution in [1.82, 2.24) is 24.9 Å². The minimum Gasteiger partial charge on any atom is -0.472 e. The molecule has 1 amide bonds. The molecule has 4 atom stereocenters. The summed E-state index contributed by atoms with van der Waals surface area (Å²) in [5.74, 6) is -1.29. The zero-order valence-corrected chi connectivity index (χ0v) is 18.3. The number of fused-ring (bicyclic) bond motifs is 3. The Bertz CT molecular complexity index is 1200. The summed E-state index contributed by atoms with van der Waals surface area (Å²) >= 11 is 0. The number of piperidine rings is 2. The molecule has 0 radical (unpaired) electrons. The molecule has 184 valence electrons. The first-order chi connectivity index (χ1) is 16.8. The molecule has 35 heavy (non-hydrogen) atoms. The molecular weight excluding hydrogens is 470 g/mol. The summed E-state index contributed by atoms with van der Waals surface area (Å²) in [6.07, 6.45) is 0.163. The molecule has 1 N–H and O–H groups in total. The van der Waals surface area contributed by atoms with E-state index in [0.717, 1.165) is 23.4 Å². The zero-order valence-electron chi connectivity index (χ0n) is 18.3. The van der Waals surface area contributed by atoms with Crippen molar-refractivity contribution in [1.29, 1.82) is 0 Å². The van der Waals surface area contributed by atoms with Crippen LogP contribution in [0.2, 0.25) is 0 Å². The van der Waals surface area contributed by atoms with E-state index in [1.165, 1.54) is 35.5 Å². The van der Waals surface area contributed by atoms with Crippen LogP contribution in [0.4, 0.5) is 17.6 Å². The van der Waals surface area contributed by atoms with Crippen LogP contribution in [-0.2, 0) is 6.18 Å². The van der Waals surface area contributed by atoms with Gasteiger partial charge in [-0.05, 0) is 43.4 Å². The van der Waals surface area contributed by atoms with Crippen LogP contribution >= 0.6 is 0 Å². The molecule has 2 saturated heterocycles. The van der Waals surface area contributed by atoms with Crippen molar-refractivity contribution in [2.75, 3.05) is 6.61 Å². The Kier molecular flexibility index (Phi) is 5.91. The van der Waals surface area contributed by atoms with Gasteiger partial charge >= 0.3 is 6.18 Å². The van der Waals surface area contributed by atoms with Crippen LogP contribution < -0.4 is 4.74 Å². The second kappa shape index (κ2) is 8.91. The second-order valence-electron chi connectivity index (χ2n) is 8.60. The number of hydrogen-bond acceptors (Lipinski definition) is 6. The number of halogens is 4. The van der Waals surface area contributed by atoms with Crippen molar-refractivity contribution in [3.63, 3.8) is 0 Å². The molecule has 0 spiro atoms. The number of aromatic nitrogens is 4. The lowest BCUT2D eigenvalue weighted by molar-refractivity contribution is -0.137. The number of ether oxygens (including phenoxy) is 1. The highest BCUT2D eigenvalue weighted by molar-refractivity contribution is 5.98. The van der Waals surface area contributed by atoms with E-state index in [1.807, 2.05) is 0 Å². The Morgan fingerprint density at radius 3 is 2.57 bits per heavy atom. The van der Waals surface area contributed by atoms with Gasteiger partial charge < -0.3 is 14.7 Å². The lowest BCUT2D eigenvalue weighted by Gasteiger charge is -2.54. The van der Waals surface area contributed by atoms with Crippen LogP contribution in [0.1, 0.15) is 35.2 Å². The van der Waals surface area contributed by atoms with E-state index in [0.29, 0.717) is 19.0 Å². The van der Waals surface area contributed by atoms with Crippen LogP contribution in [0.15, 0.2) is 48.9 Å². The summed E-state index contributed by atoms with van der Waals surface area (Å²) in [7, 11) is 0. The van der Waals surface area contributed by atoms with Gasteiger partial charge in [0, 0.05) is 12.3 Å². The molecule has 2 bridgehead atoms. The van der Waals surface area contributed by atoms with Gasteiger partial charge in [-0.3, -0.25) is 4.79 Å². The Morgan fingerprint density at radius 2 is 1.91 bits per heavy atom. The van der Waals surface area contributed by atoms with Gasteiger partial charge in [0.2, 0.25) is 5.88 Å². The van der Waals surface area contributed by atoms with Crippen LogP contribution in [0.5, 0.6) is 5.88 Å². The molecule has 4 unspecified atom stereocenters. The Labute approximate surface area is 197 Å². The highest BCUT2D eigenvalue weighted by Gasteiger charge is 2.50. The molecule has 2 aromatic heterocycles. The van der Waals surface area contributed by atoms with Crippen molar-refractivity contribution in [3.8, 4) is 11.6 Å². The van der Waals surface area contributed by atoms with Gasteiger partial charge in [-0.2, -0.15) is 23.4 Å². The predicted octanol–water partition coefficient (Wildman–Crippen LogP) is 3.25. The Morgan fingerprint density at radius 1 is 1.14 bits per heavy atom. The van der Waals surface area contributed by atoms with E-state index in [2.05, 4.69) is 15.2 Å². The normalized spacial score (nSPS) is 24.0. The number of pyridine rings is 1. The molecule has 8 nitrogen and oxygen atoms in total. The van der Waals surface area contributed by atoms with Crippen LogP contribution in [0, 0.1) is 11.7 Å². The highest BCUT2D eigenvalue weighted by Crippen LogP contribution is 2.42. The zero-order chi connectivity index (χ0) is 24.7. The Balaban J connectivity index is 1.45. The minimum atomic E-state index is -4.51. The number of aliphatic hydroxyl groups excluding tert-OH is 1. The molecule has 3 aromatic rings. The van der Waals surface area contributed by atoms with Gasteiger partial charge in [-0.25, -0.2) is 9.37 Å². The van der Waals surface area contributed by atoms with E-state index >= 15 is 0 Å². The van der Waals surface area contributed by atoms with Gasteiger partial charge in [-0.1, -0.05) is 6.07 Å². The topological polar surface area (TPSA) is 93.4 Å². The molecular formula is C23H21F4N5O3. The average Bonchev–Trinajstić information content (AvgIpc) is 3.37. The first kappa shape index (κ1) is 23.2. The van der Waals surface area contributed by atoms with Crippen molar-refractivity contribution in [2.24, 2.45) is 5.92 Å². The maximum atomic E-state index is 14.8. The number of amides is 1. The van der Waals surface area contributed by atoms with Crippen molar-refractivity contribution in [3.05, 3.63) is 65.9 Å². The van der Waals surface area contributed by atoms with Crippen LogP contribution in [-0.4, -0.2) is 60.7 Å². The van der Waals surface area contributed by atoms with Crippen molar-refractivity contribution < 1.29 is 32.2 Å².